The Morgan fingerprint density at radius 3 is 2.79 bits per heavy atom. The highest BCUT2D eigenvalue weighted by Crippen LogP contribution is 2.24. The van der Waals surface area contributed by atoms with Gasteiger partial charge >= 0.3 is 0 Å². The van der Waals surface area contributed by atoms with E-state index in [4.69, 9.17) is 16.0 Å². The molecule has 0 aromatic rings. The van der Waals surface area contributed by atoms with E-state index >= 15 is 0 Å². The maximum Gasteiger partial charge on any atom is 0.264 e. The standard InChI is InChI=1S/C7H14O6S/c1-11-7-3-5(6(4-8)12-7)13-14(2,9)10/h5-8H,3-4H2,1-2H3/t5-,6-,7-/m1/s1/i3D/t3-,5-,6-,7-. The second kappa shape index (κ2) is 4.54. The van der Waals surface area contributed by atoms with Crippen LogP contribution in [0.1, 0.15) is 7.77 Å². The molecule has 84 valence electrons. The summed E-state index contributed by atoms with van der Waals surface area (Å²) in [6, 6.07) is 0. The van der Waals surface area contributed by atoms with Crippen molar-refractivity contribution in [1.29, 1.82) is 0 Å². The Morgan fingerprint density at radius 2 is 2.36 bits per heavy atom. The van der Waals surface area contributed by atoms with E-state index in [1.807, 2.05) is 0 Å². The first-order valence-electron chi connectivity index (χ1n) is 4.56. The minimum absolute atomic E-state index is 0.421. The van der Waals surface area contributed by atoms with Gasteiger partial charge in [0, 0.05) is 14.9 Å². The summed E-state index contributed by atoms with van der Waals surface area (Å²) in [5.74, 6) is 0. The Kier molecular flexibility index (Phi) is 3.34. The molecule has 1 aliphatic rings. The molecule has 1 heterocycles. The predicted octanol–water partition coefficient (Wildman–Crippen LogP) is -0.915. The maximum atomic E-state index is 10.9. The molecule has 0 spiro atoms. The van der Waals surface area contributed by atoms with Crippen LogP contribution in [0.5, 0.6) is 0 Å². The molecule has 1 N–H and O–H groups in total. The monoisotopic (exact) mass is 227 g/mol. The third kappa shape index (κ3) is 3.18. The highest BCUT2D eigenvalue weighted by molar-refractivity contribution is 7.86. The van der Waals surface area contributed by atoms with Crippen molar-refractivity contribution in [3.63, 3.8) is 0 Å². The fraction of sp³-hybridized carbons (Fsp3) is 1.00. The normalized spacial score (nSPS) is 39.8. The van der Waals surface area contributed by atoms with Crippen LogP contribution in [0.3, 0.4) is 0 Å². The summed E-state index contributed by atoms with van der Waals surface area (Å²) in [7, 11) is -2.35. The first kappa shape index (κ1) is 10.3. The fourth-order valence-corrected chi connectivity index (χ4v) is 1.74. The van der Waals surface area contributed by atoms with Crippen LogP contribution in [0.4, 0.5) is 0 Å². The SMILES string of the molecule is [2H][C@H]1[C@H](OC)O[C@H](CO)[C@@H]1OS(C)(=O)=O. The van der Waals surface area contributed by atoms with E-state index in [0.717, 1.165) is 6.26 Å². The maximum absolute atomic E-state index is 10.9. The van der Waals surface area contributed by atoms with Crippen LogP contribution in [0, 0.1) is 0 Å². The van der Waals surface area contributed by atoms with Gasteiger partial charge in [0.25, 0.3) is 10.1 Å². The van der Waals surface area contributed by atoms with Crippen LogP contribution in [0.15, 0.2) is 0 Å². The zero-order valence-electron chi connectivity index (χ0n) is 8.91. The van der Waals surface area contributed by atoms with Gasteiger partial charge in [0.1, 0.15) is 12.2 Å². The summed E-state index contributed by atoms with van der Waals surface area (Å²) >= 11 is 0. The molecule has 0 radical (unpaired) electrons. The smallest absolute Gasteiger partial charge is 0.264 e. The van der Waals surface area contributed by atoms with Gasteiger partial charge in [0.15, 0.2) is 6.29 Å². The van der Waals surface area contributed by atoms with E-state index in [-0.39, 0.29) is 0 Å². The van der Waals surface area contributed by atoms with E-state index in [1.165, 1.54) is 7.11 Å². The van der Waals surface area contributed by atoms with Crippen molar-refractivity contribution in [1.82, 2.24) is 0 Å². The second-order valence-electron chi connectivity index (χ2n) is 2.92. The molecule has 0 unspecified atom stereocenters. The van der Waals surface area contributed by atoms with E-state index < -0.39 is 41.6 Å². The van der Waals surface area contributed by atoms with Crippen LogP contribution < -0.4 is 0 Å². The molecular weight excluding hydrogens is 212 g/mol. The lowest BCUT2D eigenvalue weighted by Gasteiger charge is -2.14. The number of rotatable bonds is 4. The van der Waals surface area contributed by atoms with Crippen molar-refractivity contribution < 1.29 is 28.6 Å². The number of methoxy groups -OCH3 is 1. The van der Waals surface area contributed by atoms with Gasteiger partial charge in [-0.3, -0.25) is 4.18 Å². The molecule has 1 aliphatic heterocycles. The van der Waals surface area contributed by atoms with E-state index in [0.29, 0.717) is 0 Å². The Balaban J connectivity index is 2.76. The van der Waals surface area contributed by atoms with E-state index in [9.17, 15) is 8.42 Å². The molecule has 14 heavy (non-hydrogen) atoms. The van der Waals surface area contributed by atoms with Gasteiger partial charge in [0.05, 0.1) is 12.9 Å². The minimum atomic E-state index is -3.68. The van der Waals surface area contributed by atoms with Crippen LogP contribution in [-0.4, -0.2) is 52.0 Å². The minimum Gasteiger partial charge on any atom is -0.394 e. The lowest BCUT2D eigenvalue weighted by atomic mass is 10.2. The highest BCUT2D eigenvalue weighted by atomic mass is 32.2. The largest absolute Gasteiger partial charge is 0.394 e. The molecule has 1 fully saturated rings. The average Bonchev–Trinajstić information content (AvgIpc) is 2.42. The number of ether oxygens (including phenoxy) is 2. The fourth-order valence-electron chi connectivity index (χ4n) is 1.15. The summed E-state index contributed by atoms with van der Waals surface area (Å²) in [6.45, 7) is -0.421. The number of aliphatic hydroxyl groups excluding tert-OH is 1. The highest BCUT2D eigenvalue weighted by Gasteiger charge is 2.37. The third-order valence-corrected chi connectivity index (χ3v) is 2.29. The topological polar surface area (TPSA) is 82.1 Å². The van der Waals surface area contributed by atoms with Crippen molar-refractivity contribution in [3.05, 3.63) is 0 Å². The first-order valence-corrected chi connectivity index (χ1v) is 5.80. The number of hydrogen-bond donors (Lipinski definition) is 1. The molecule has 0 aliphatic carbocycles. The van der Waals surface area contributed by atoms with Crippen molar-refractivity contribution in [3.8, 4) is 0 Å². The summed E-state index contributed by atoms with van der Waals surface area (Å²) in [4.78, 5) is 0. The molecule has 0 bridgehead atoms. The first-order chi connectivity index (χ1) is 6.89. The Morgan fingerprint density at radius 1 is 1.71 bits per heavy atom. The Hall–Kier alpha value is -0.210. The van der Waals surface area contributed by atoms with Crippen LogP contribution in [0.2, 0.25) is 0 Å². The van der Waals surface area contributed by atoms with Gasteiger partial charge in [-0.15, -0.1) is 0 Å². The van der Waals surface area contributed by atoms with Crippen molar-refractivity contribution >= 4 is 10.1 Å². The van der Waals surface area contributed by atoms with Crippen LogP contribution in [0.25, 0.3) is 0 Å². The lowest BCUT2D eigenvalue weighted by Crippen LogP contribution is -2.29. The average molecular weight is 227 g/mol. The van der Waals surface area contributed by atoms with E-state index in [2.05, 4.69) is 4.18 Å². The Labute approximate surface area is 84.3 Å². The van der Waals surface area contributed by atoms with Crippen LogP contribution >= 0.6 is 0 Å². The van der Waals surface area contributed by atoms with Crippen molar-refractivity contribution in [2.45, 2.75) is 24.9 Å². The summed E-state index contributed by atoms with van der Waals surface area (Å²) in [6.07, 6.45) is -2.88. The summed E-state index contributed by atoms with van der Waals surface area (Å²) < 4.78 is 44.0. The summed E-state index contributed by atoms with van der Waals surface area (Å²) in [5.41, 5.74) is 0. The predicted molar refractivity (Wildman–Crippen MR) is 47.1 cm³/mol. The molecule has 1 rings (SSSR count). The van der Waals surface area contributed by atoms with Gasteiger partial charge in [-0.1, -0.05) is 0 Å². The summed E-state index contributed by atoms with van der Waals surface area (Å²) in [5, 5.41) is 8.93. The number of aliphatic hydroxyl groups is 1. The van der Waals surface area contributed by atoms with Crippen LogP contribution in [-0.2, 0) is 23.8 Å². The quantitative estimate of drug-likeness (QED) is 0.626. The van der Waals surface area contributed by atoms with Gasteiger partial charge in [-0.25, -0.2) is 0 Å². The molecule has 0 aromatic carbocycles. The molecular formula is C7H14O6S. The van der Waals surface area contributed by atoms with Crippen molar-refractivity contribution in [2.75, 3.05) is 20.0 Å². The van der Waals surface area contributed by atoms with Gasteiger partial charge < -0.3 is 14.6 Å². The molecule has 4 atom stereocenters. The van der Waals surface area contributed by atoms with E-state index in [1.54, 1.807) is 0 Å². The zero-order valence-corrected chi connectivity index (χ0v) is 8.73. The third-order valence-electron chi connectivity index (χ3n) is 1.72. The Bertz CT molecular complexity index is 303. The second-order valence-corrected chi connectivity index (χ2v) is 4.52. The molecule has 1 saturated heterocycles. The van der Waals surface area contributed by atoms with Crippen molar-refractivity contribution in [2.24, 2.45) is 0 Å². The number of hydrogen-bond acceptors (Lipinski definition) is 6. The molecule has 0 aromatic heterocycles. The molecule has 6 nitrogen and oxygen atoms in total. The van der Waals surface area contributed by atoms with Gasteiger partial charge in [-0.2, -0.15) is 8.42 Å². The molecule has 7 heteroatoms. The van der Waals surface area contributed by atoms with Gasteiger partial charge in [-0.05, 0) is 0 Å². The van der Waals surface area contributed by atoms with Gasteiger partial charge in [0.2, 0.25) is 0 Å². The zero-order chi connectivity index (χ0) is 11.6. The molecule has 0 saturated carbocycles. The lowest BCUT2D eigenvalue weighted by molar-refractivity contribution is -0.126. The molecule has 0 amide bonds.